The van der Waals surface area contributed by atoms with Crippen LogP contribution >= 0.6 is 0 Å². The molecule has 2 rings (SSSR count). The molecular formula is C15H17N3O. The molecule has 0 radical (unpaired) electrons. The summed E-state index contributed by atoms with van der Waals surface area (Å²) in [7, 11) is 0. The van der Waals surface area contributed by atoms with Crippen molar-refractivity contribution in [2.24, 2.45) is 0 Å². The number of nitrogens with zero attached hydrogens (tertiary/aromatic N) is 1. The highest BCUT2D eigenvalue weighted by Crippen LogP contribution is 2.12. The lowest BCUT2D eigenvalue weighted by Crippen LogP contribution is -2.13. The SMILES string of the molecule is Cc1nc(NC(=O)CCc2ccccc2)ccc1N. The zero-order valence-electron chi connectivity index (χ0n) is 10.9. The van der Waals surface area contributed by atoms with Crippen LogP contribution in [0.4, 0.5) is 11.5 Å². The van der Waals surface area contributed by atoms with E-state index in [9.17, 15) is 4.79 Å². The van der Waals surface area contributed by atoms with Gasteiger partial charge >= 0.3 is 0 Å². The predicted molar refractivity (Wildman–Crippen MR) is 76.8 cm³/mol. The highest BCUT2D eigenvalue weighted by Gasteiger charge is 2.05. The van der Waals surface area contributed by atoms with Crippen LogP contribution in [0.1, 0.15) is 17.7 Å². The molecule has 0 aliphatic heterocycles. The third-order valence-electron chi connectivity index (χ3n) is 2.88. The summed E-state index contributed by atoms with van der Waals surface area (Å²) in [6, 6.07) is 13.4. The Hall–Kier alpha value is -2.36. The first kappa shape index (κ1) is 13.1. The molecule has 2 aromatic rings. The Labute approximate surface area is 112 Å². The first-order chi connectivity index (χ1) is 9.15. The maximum absolute atomic E-state index is 11.8. The van der Waals surface area contributed by atoms with Crippen LogP contribution in [0.3, 0.4) is 0 Å². The second-order valence-electron chi connectivity index (χ2n) is 4.40. The van der Waals surface area contributed by atoms with Crippen molar-refractivity contribution in [2.75, 3.05) is 11.1 Å². The smallest absolute Gasteiger partial charge is 0.225 e. The number of aryl methyl sites for hydroxylation is 2. The summed E-state index contributed by atoms with van der Waals surface area (Å²) >= 11 is 0. The molecule has 1 aromatic heterocycles. The summed E-state index contributed by atoms with van der Waals surface area (Å²) in [4.78, 5) is 16.0. The van der Waals surface area contributed by atoms with Crippen LogP contribution in [0, 0.1) is 6.92 Å². The molecule has 0 bridgehead atoms. The monoisotopic (exact) mass is 255 g/mol. The van der Waals surface area contributed by atoms with E-state index in [0.29, 0.717) is 17.9 Å². The number of benzene rings is 1. The van der Waals surface area contributed by atoms with Gasteiger partial charge in [0.2, 0.25) is 5.91 Å². The highest BCUT2D eigenvalue weighted by molar-refractivity contribution is 5.90. The number of aromatic nitrogens is 1. The van der Waals surface area contributed by atoms with E-state index in [1.165, 1.54) is 0 Å². The highest BCUT2D eigenvalue weighted by atomic mass is 16.1. The van der Waals surface area contributed by atoms with Gasteiger partial charge < -0.3 is 11.1 Å². The molecule has 0 aliphatic rings. The minimum absolute atomic E-state index is 0.0412. The number of amides is 1. The topological polar surface area (TPSA) is 68.0 Å². The van der Waals surface area contributed by atoms with Crippen molar-refractivity contribution >= 4 is 17.4 Å². The number of pyridine rings is 1. The third-order valence-corrected chi connectivity index (χ3v) is 2.88. The Balaban J connectivity index is 1.89. The van der Waals surface area contributed by atoms with Gasteiger partial charge in [-0.05, 0) is 31.0 Å². The van der Waals surface area contributed by atoms with Gasteiger partial charge in [0, 0.05) is 6.42 Å². The fourth-order valence-electron chi connectivity index (χ4n) is 1.75. The molecule has 0 spiro atoms. The standard InChI is InChI=1S/C15H17N3O/c1-11-13(16)8-9-14(17-11)18-15(19)10-7-12-5-3-2-4-6-12/h2-6,8-9H,7,10,16H2,1H3,(H,17,18,19). The molecule has 4 nitrogen and oxygen atoms in total. The van der Waals surface area contributed by atoms with E-state index in [1.807, 2.05) is 37.3 Å². The van der Waals surface area contributed by atoms with Gasteiger partial charge in [0.1, 0.15) is 5.82 Å². The number of carbonyl (C=O) groups excluding carboxylic acids is 1. The van der Waals surface area contributed by atoms with Crippen molar-refractivity contribution in [3.05, 3.63) is 53.7 Å². The number of carbonyl (C=O) groups is 1. The summed E-state index contributed by atoms with van der Waals surface area (Å²) in [6.07, 6.45) is 1.16. The summed E-state index contributed by atoms with van der Waals surface area (Å²) < 4.78 is 0. The number of nitrogen functional groups attached to an aromatic ring is 1. The maximum Gasteiger partial charge on any atom is 0.225 e. The first-order valence-corrected chi connectivity index (χ1v) is 6.22. The Morgan fingerprint density at radius 3 is 2.63 bits per heavy atom. The van der Waals surface area contributed by atoms with E-state index in [2.05, 4.69) is 10.3 Å². The van der Waals surface area contributed by atoms with Gasteiger partial charge in [-0.2, -0.15) is 0 Å². The number of anilines is 2. The molecule has 4 heteroatoms. The summed E-state index contributed by atoms with van der Waals surface area (Å²) in [5, 5.41) is 2.77. The summed E-state index contributed by atoms with van der Waals surface area (Å²) in [6.45, 7) is 1.81. The summed E-state index contributed by atoms with van der Waals surface area (Å²) in [5.74, 6) is 0.505. The van der Waals surface area contributed by atoms with Gasteiger partial charge in [0.15, 0.2) is 0 Å². The minimum atomic E-state index is -0.0412. The van der Waals surface area contributed by atoms with Crippen molar-refractivity contribution in [3.8, 4) is 0 Å². The molecule has 0 saturated heterocycles. The Morgan fingerprint density at radius 2 is 1.95 bits per heavy atom. The normalized spacial score (nSPS) is 10.2. The molecule has 0 fully saturated rings. The summed E-state index contributed by atoms with van der Waals surface area (Å²) in [5.41, 5.74) is 8.18. The quantitative estimate of drug-likeness (QED) is 0.882. The van der Waals surface area contributed by atoms with E-state index in [1.54, 1.807) is 12.1 Å². The van der Waals surface area contributed by atoms with Gasteiger partial charge in [0.25, 0.3) is 0 Å². The molecule has 0 aliphatic carbocycles. The van der Waals surface area contributed by atoms with Crippen molar-refractivity contribution in [3.63, 3.8) is 0 Å². The third kappa shape index (κ3) is 3.81. The van der Waals surface area contributed by atoms with Crippen LogP contribution in [0.15, 0.2) is 42.5 Å². The lowest BCUT2D eigenvalue weighted by molar-refractivity contribution is -0.116. The Bertz CT molecular complexity index is 567. The molecule has 3 N–H and O–H groups in total. The van der Waals surface area contributed by atoms with E-state index < -0.39 is 0 Å². The van der Waals surface area contributed by atoms with Crippen LogP contribution in [-0.4, -0.2) is 10.9 Å². The van der Waals surface area contributed by atoms with Crippen LogP contribution in [0.5, 0.6) is 0 Å². The lowest BCUT2D eigenvalue weighted by Gasteiger charge is -2.06. The number of nitrogens with two attached hydrogens (primary N) is 1. The largest absolute Gasteiger partial charge is 0.397 e. The Kier molecular flexibility index (Phi) is 4.13. The molecule has 1 amide bonds. The molecule has 1 aromatic carbocycles. The molecule has 0 atom stereocenters. The predicted octanol–water partition coefficient (Wildman–Crippen LogP) is 2.54. The van der Waals surface area contributed by atoms with Gasteiger partial charge in [0.05, 0.1) is 11.4 Å². The van der Waals surface area contributed by atoms with Crippen LogP contribution in [-0.2, 0) is 11.2 Å². The average Bonchev–Trinajstić information content (AvgIpc) is 2.42. The fourth-order valence-corrected chi connectivity index (χ4v) is 1.75. The van der Waals surface area contributed by atoms with Gasteiger partial charge in [-0.25, -0.2) is 4.98 Å². The van der Waals surface area contributed by atoms with Crippen LogP contribution in [0.25, 0.3) is 0 Å². The molecular weight excluding hydrogens is 238 g/mol. The number of nitrogens with one attached hydrogen (secondary N) is 1. The van der Waals surface area contributed by atoms with Gasteiger partial charge in [-0.15, -0.1) is 0 Å². The number of rotatable bonds is 4. The zero-order chi connectivity index (χ0) is 13.7. The van der Waals surface area contributed by atoms with E-state index >= 15 is 0 Å². The second-order valence-corrected chi connectivity index (χ2v) is 4.40. The van der Waals surface area contributed by atoms with Crippen LogP contribution in [0.2, 0.25) is 0 Å². The van der Waals surface area contributed by atoms with Gasteiger partial charge in [-0.3, -0.25) is 4.79 Å². The zero-order valence-corrected chi connectivity index (χ0v) is 10.9. The van der Waals surface area contributed by atoms with Gasteiger partial charge in [-0.1, -0.05) is 30.3 Å². The average molecular weight is 255 g/mol. The minimum Gasteiger partial charge on any atom is -0.397 e. The lowest BCUT2D eigenvalue weighted by atomic mass is 10.1. The molecule has 1 heterocycles. The van der Waals surface area contributed by atoms with Crippen molar-refractivity contribution in [1.29, 1.82) is 0 Å². The molecule has 98 valence electrons. The van der Waals surface area contributed by atoms with Crippen LogP contribution < -0.4 is 11.1 Å². The van der Waals surface area contributed by atoms with E-state index in [4.69, 9.17) is 5.73 Å². The van der Waals surface area contributed by atoms with Crippen molar-refractivity contribution < 1.29 is 4.79 Å². The molecule has 0 unspecified atom stereocenters. The van der Waals surface area contributed by atoms with Crippen molar-refractivity contribution in [1.82, 2.24) is 4.98 Å². The second kappa shape index (κ2) is 6.00. The number of hydrogen-bond donors (Lipinski definition) is 2. The molecule has 0 saturated carbocycles. The number of hydrogen-bond acceptors (Lipinski definition) is 3. The Morgan fingerprint density at radius 1 is 1.21 bits per heavy atom. The molecule has 19 heavy (non-hydrogen) atoms. The van der Waals surface area contributed by atoms with E-state index in [-0.39, 0.29) is 5.91 Å². The first-order valence-electron chi connectivity index (χ1n) is 6.22. The van der Waals surface area contributed by atoms with Crippen molar-refractivity contribution in [2.45, 2.75) is 19.8 Å². The fraction of sp³-hybridized carbons (Fsp3) is 0.200. The van der Waals surface area contributed by atoms with E-state index in [0.717, 1.165) is 17.7 Å². The maximum atomic E-state index is 11.8.